The molecule has 1 aliphatic carbocycles. The number of aryl methyl sites for hydroxylation is 1. The van der Waals surface area contributed by atoms with Gasteiger partial charge in [-0.1, -0.05) is 73.9 Å². The lowest BCUT2D eigenvalue weighted by atomic mass is 9.85. The van der Waals surface area contributed by atoms with Crippen LogP contribution in [-0.2, 0) is 6.54 Å². The fraction of sp³-hybridized carbons (Fsp3) is 0.441. The van der Waals surface area contributed by atoms with Crippen LogP contribution >= 0.6 is 0 Å². The Bertz CT molecular complexity index is 1180. The number of carbonyl (C=O) groups is 1. The molecule has 0 N–H and O–H groups in total. The van der Waals surface area contributed by atoms with E-state index in [4.69, 9.17) is 0 Å². The van der Waals surface area contributed by atoms with Crippen LogP contribution in [0.3, 0.4) is 0 Å². The number of anilines is 1. The normalized spacial score (nSPS) is 20.4. The summed E-state index contributed by atoms with van der Waals surface area (Å²) in [6.07, 6.45) is 6.00. The van der Waals surface area contributed by atoms with E-state index in [1.807, 2.05) is 30.3 Å². The molecule has 1 amide bonds. The second kappa shape index (κ2) is 12.2. The Labute approximate surface area is 229 Å². The van der Waals surface area contributed by atoms with Crippen LogP contribution in [0.15, 0.2) is 78.9 Å². The fourth-order valence-electron chi connectivity index (χ4n) is 6.58. The maximum absolute atomic E-state index is 13.9. The molecular weight excluding hydrogens is 466 g/mol. The Morgan fingerprint density at radius 3 is 2.21 bits per heavy atom. The highest BCUT2D eigenvalue weighted by atomic mass is 16.2. The summed E-state index contributed by atoms with van der Waals surface area (Å²) in [5.41, 5.74) is 6.20. The zero-order chi connectivity index (χ0) is 26.5. The van der Waals surface area contributed by atoms with Crippen LogP contribution < -0.4 is 4.90 Å². The van der Waals surface area contributed by atoms with Crippen LogP contribution in [0.2, 0.25) is 0 Å². The van der Waals surface area contributed by atoms with Gasteiger partial charge in [0.1, 0.15) is 0 Å². The molecule has 0 unspecified atom stereocenters. The highest BCUT2D eigenvalue weighted by molar-refractivity contribution is 5.94. The van der Waals surface area contributed by atoms with Gasteiger partial charge in [-0.15, -0.1) is 0 Å². The molecule has 5 rings (SSSR count). The van der Waals surface area contributed by atoms with Crippen molar-refractivity contribution >= 4 is 11.6 Å². The minimum atomic E-state index is 0.207. The predicted octanol–water partition coefficient (Wildman–Crippen LogP) is 6.75. The first-order valence-electron chi connectivity index (χ1n) is 14.4. The monoisotopic (exact) mass is 509 g/mol. The maximum atomic E-state index is 13.9. The van der Waals surface area contributed by atoms with Gasteiger partial charge in [0.2, 0.25) is 0 Å². The third-order valence-corrected chi connectivity index (χ3v) is 8.69. The SMILES string of the molecule is Cc1ccccc1[C@H]1CN(Cc2ccc(N(C)C)cc2)C[C@H]1CN(C(=O)c1ccccc1)C1CCCCC1. The van der Waals surface area contributed by atoms with E-state index >= 15 is 0 Å². The molecular formula is C34H43N3O. The lowest BCUT2D eigenvalue weighted by Gasteiger charge is -2.37. The third-order valence-electron chi connectivity index (χ3n) is 8.69. The van der Waals surface area contributed by atoms with E-state index in [1.165, 1.54) is 41.6 Å². The van der Waals surface area contributed by atoms with Gasteiger partial charge in [0.05, 0.1) is 0 Å². The van der Waals surface area contributed by atoms with E-state index < -0.39 is 0 Å². The first kappa shape index (κ1) is 26.5. The van der Waals surface area contributed by atoms with Crippen molar-refractivity contribution in [2.45, 2.75) is 57.5 Å². The van der Waals surface area contributed by atoms with E-state index in [2.05, 4.69) is 84.2 Å². The molecule has 4 heteroatoms. The number of hydrogen-bond donors (Lipinski definition) is 0. The zero-order valence-corrected chi connectivity index (χ0v) is 23.4. The molecule has 2 fully saturated rings. The number of likely N-dealkylation sites (tertiary alicyclic amines) is 1. The fourth-order valence-corrected chi connectivity index (χ4v) is 6.58. The van der Waals surface area contributed by atoms with Crippen molar-refractivity contribution in [2.75, 3.05) is 38.6 Å². The molecule has 0 spiro atoms. The molecule has 2 aliphatic rings. The van der Waals surface area contributed by atoms with Crippen molar-refractivity contribution in [3.63, 3.8) is 0 Å². The van der Waals surface area contributed by atoms with E-state index in [-0.39, 0.29) is 5.91 Å². The van der Waals surface area contributed by atoms with Crippen molar-refractivity contribution in [1.29, 1.82) is 0 Å². The second-order valence-electron chi connectivity index (χ2n) is 11.6. The summed E-state index contributed by atoms with van der Waals surface area (Å²) in [6.45, 7) is 6.06. The van der Waals surface area contributed by atoms with Crippen LogP contribution in [0.4, 0.5) is 5.69 Å². The molecule has 38 heavy (non-hydrogen) atoms. The molecule has 0 aromatic heterocycles. The van der Waals surface area contributed by atoms with Gasteiger partial charge >= 0.3 is 0 Å². The van der Waals surface area contributed by atoms with E-state index in [9.17, 15) is 4.79 Å². The first-order valence-corrected chi connectivity index (χ1v) is 14.4. The third kappa shape index (κ3) is 6.13. The summed E-state index contributed by atoms with van der Waals surface area (Å²) in [4.78, 5) is 20.9. The quantitative estimate of drug-likeness (QED) is 0.336. The minimum Gasteiger partial charge on any atom is -0.378 e. The first-order chi connectivity index (χ1) is 18.5. The number of nitrogens with zero attached hydrogens (tertiary/aromatic N) is 3. The number of rotatable bonds is 8. The van der Waals surface area contributed by atoms with Crippen LogP contribution in [-0.4, -0.2) is 55.5 Å². The van der Waals surface area contributed by atoms with Gasteiger partial charge in [0.15, 0.2) is 0 Å². The molecule has 0 radical (unpaired) electrons. The van der Waals surface area contributed by atoms with Crippen LogP contribution in [0, 0.1) is 12.8 Å². The number of carbonyl (C=O) groups excluding carboxylic acids is 1. The second-order valence-corrected chi connectivity index (χ2v) is 11.6. The Kier molecular flexibility index (Phi) is 8.48. The van der Waals surface area contributed by atoms with E-state index in [0.717, 1.165) is 44.6 Å². The molecule has 1 heterocycles. The summed E-state index contributed by atoms with van der Waals surface area (Å²) in [7, 11) is 4.17. The molecule has 2 atom stereocenters. The molecule has 1 aliphatic heterocycles. The van der Waals surface area contributed by atoms with Gasteiger partial charge < -0.3 is 9.80 Å². The van der Waals surface area contributed by atoms with Crippen molar-refractivity contribution in [3.05, 3.63) is 101 Å². The Morgan fingerprint density at radius 2 is 1.53 bits per heavy atom. The van der Waals surface area contributed by atoms with Crippen LogP contribution in [0.1, 0.15) is 65.1 Å². The lowest BCUT2D eigenvalue weighted by molar-refractivity contribution is 0.0588. The van der Waals surface area contributed by atoms with Gasteiger partial charge in [-0.3, -0.25) is 9.69 Å². The highest BCUT2D eigenvalue weighted by Gasteiger charge is 2.38. The molecule has 0 bridgehead atoms. The van der Waals surface area contributed by atoms with E-state index in [0.29, 0.717) is 17.9 Å². The summed E-state index contributed by atoms with van der Waals surface area (Å²) >= 11 is 0. The Hall–Kier alpha value is -3.11. The lowest BCUT2D eigenvalue weighted by Crippen LogP contribution is -2.45. The van der Waals surface area contributed by atoms with Crippen molar-refractivity contribution < 1.29 is 4.79 Å². The summed E-state index contributed by atoms with van der Waals surface area (Å²) < 4.78 is 0. The van der Waals surface area contributed by atoms with Gasteiger partial charge in [0.25, 0.3) is 5.91 Å². The minimum absolute atomic E-state index is 0.207. The predicted molar refractivity (Wildman–Crippen MR) is 158 cm³/mol. The Morgan fingerprint density at radius 1 is 0.842 bits per heavy atom. The van der Waals surface area contributed by atoms with Gasteiger partial charge in [-0.2, -0.15) is 0 Å². The Balaban J connectivity index is 1.40. The van der Waals surface area contributed by atoms with Crippen molar-refractivity contribution in [2.24, 2.45) is 5.92 Å². The molecule has 1 saturated heterocycles. The number of benzene rings is 3. The van der Waals surface area contributed by atoms with Crippen molar-refractivity contribution in [1.82, 2.24) is 9.80 Å². The average Bonchev–Trinajstić information content (AvgIpc) is 3.34. The summed E-state index contributed by atoms with van der Waals surface area (Å²) in [6, 6.07) is 28.1. The number of amides is 1. The van der Waals surface area contributed by atoms with Gasteiger partial charge in [0, 0.05) is 63.5 Å². The highest BCUT2D eigenvalue weighted by Crippen LogP contribution is 2.37. The molecule has 200 valence electrons. The molecule has 3 aromatic rings. The molecule has 1 saturated carbocycles. The smallest absolute Gasteiger partial charge is 0.254 e. The standard InChI is InChI=1S/C34H43N3O/c1-26-12-10-11-17-32(26)33-25-36(22-27-18-20-30(21-19-27)35(2)3)23-29(33)24-37(31-15-8-5-9-16-31)34(38)28-13-6-4-7-14-28/h4,6-7,10-14,17-21,29,31,33H,5,8-9,15-16,22-25H2,1-3H3/t29-,33-/m0/s1. The van der Waals surface area contributed by atoms with Gasteiger partial charge in [-0.05, 0) is 66.6 Å². The van der Waals surface area contributed by atoms with Crippen LogP contribution in [0.5, 0.6) is 0 Å². The largest absolute Gasteiger partial charge is 0.378 e. The van der Waals surface area contributed by atoms with Crippen molar-refractivity contribution in [3.8, 4) is 0 Å². The summed E-state index contributed by atoms with van der Waals surface area (Å²) in [5, 5.41) is 0. The number of hydrogen-bond acceptors (Lipinski definition) is 3. The topological polar surface area (TPSA) is 26.8 Å². The average molecular weight is 510 g/mol. The maximum Gasteiger partial charge on any atom is 0.254 e. The summed E-state index contributed by atoms with van der Waals surface area (Å²) in [5.74, 6) is 1.04. The van der Waals surface area contributed by atoms with Gasteiger partial charge in [-0.25, -0.2) is 0 Å². The molecule has 4 nitrogen and oxygen atoms in total. The zero-order valence-electron chi connectivity index (χ0n) is 23.4. The molecule has 3 aromatic carbocycles. The van der Waals surface area contributed by atoms with E-state index in [1.54, 1.807) is 0 Å². The van der Waals surface area contributed by atoms with Crippen LogP contribution in [0.25, 0.3) is 0 Å².